The van der Waals surface area contributed by atoms with E-state index in [1.54, 1.807) is 42.7 Å². The van der Waals surface area contributed by atoms with E-state index in [-0.39, 0.29) is 11.5 Å². The molecule has 0 unspecified atom stereocenters. The van der Waals surface area contributed by atoms with Gasteiger partial charge in [0.05, 0.1) is 23.0 Å². The molecule has 0 atom stereocenters. The number of hydrazone groups is 1. The summed E-state index contributed by atoms with van der Waals surface area (Å²) in [6.45, 7) is 2.00. The summed E-state index contributed by atoms with van der Waals surface area (Å²) in [5, 5.41) is 6.73. The Kier molecular flexibility index (Phi) is 6.29. The van der Waals surface area contributed by atoms with Crippen LogP contribution < -0.4 is 10.7 Å². The Balaban J connectivity index is 1.75. The Morgan fingerprint density at radius 1 is 1.07 bits per heavy atom. The zero-order valence-electron chi connectivity index (χ0n) is 15.0. The van der Waals surface area contributed by atoms with Gasteiger partial charge in [0, 0.05) is 16.9 Å². The fourth-order valence-electron chi connectivity index (χ4n) is 2.38. The molecule has 2 aromatic carbocycles. The molecule has 0 aliphatic heterocycles. The van der Waals surface area contributed by atoms with E-state index >= 15 is 0 Å². The van der Waals surface area contributed by atoms with Crippen molar-refractivity contribution in [3.63, 3.8) is 0 Å². The maximum Gasteiger partial charge on any atom is 0.273 e. The quantitative estimate of drug-likeness (QED) is 0.464. The van der Waals surface area contributed by atoms with Crippen LogP contribution in [0.4, 0.5) is 5.69 Å². The zero-order valence-corrected chi connectivity index (χ0v) is 16.6. The highest BCUT2D eigenvalue weighted by Crippen LogP contribution is 2.22. The van der Waals surface area contributed by atoms with Gasteiger partial charge >= 0.3 is 0 Å². The van der Waals surface area contributed by atoms with Gasteiger partial charge in [-0.05, 0) is 42.8 Å². The first-order chi connectivity index (χ1) is 13.5. The van der Waals surface area contributed by atoms with Crippen LogP contribution in [-0.2, 0) is 0 Å². The Morgan fingerprint density at radius 3 is 2.57 bits per heavy atom. The molecule has 7 heteroatoms. The van der Waals surface area contributed by atoms with E-state index in [9.17, 15) is 9.59 Å². The molecule has 0 saturated heterocycles. The average molecular weight is 437 g/mol. The summed E-state index contributed by atoms with van der Waals surface area (Å²) >= 11 is 3.35. The lowest BCUT2D eigenvalue weighted by Gasteiger charge is -2.10. The van der Waals surface area contributed by atoms with E-state index in [1.165, 1.54) is 6.20 Å². The molecule has 0 saturated carbocycles. The number of halogens is 1. The van der Waals surface area contributed by atoms with Crippen molar-refractivity contribution in [1.29, 1.82) is 0 Å². The van der Waals surface area contributed by atoms with Gasteiger partial charge < -0.3 is 5.32 Å². The van der Waals surface area contributed by atoms with Crippen molar-refractivity contribution in [3.05, 3.63) is 93.7 Å². The van der Waals surface area contributed by atoms with E-state index < -0.39 is 5.91 Å². The second-order valence-corrected chi connectivity index (χ2v) is 6.91. The number of anilines is 1. The highest BCUT2D eigenvalue weighted by atomic mass is 79.9. The summed E-state index contributed by atoms with van der Waals surface area (Å²) in [5.74, 6) is -0.793. The summed E-state index contributed by atoms with van der Waals surface area (Å²) < 4.78 is 0.708. The SMILES string of the molecule is Cc1ccc(C=NNC(=O)c2cc(Br)ccc2NC(=O)c2cccnc2)cc1. The number of hydrogen-bond donors (Lipinski definition) is 2. The number of hydrogen-bond acceptors (Lipinski definition) is 4. The first kappa shape index (κ1) is 19.4. The lowest BCUT2D eigenvalue weighted by atomic mass is 10.1. The molecule has 3 rings (SSSR count). The van der Waals surface area contributed by atoms with Crippen LogP contribution in [0.1, 0.15) is 31.8 Å². The van der Waals surface area contributed by atoms with E-state index in [2.05, 4.69) is 36.8 Å². The summed E-state index contributed by atoms with van der Waals surface area (Å²) in [5.41, 5.74) is 5.55. The molecule has 6 nitrogen and oxygen atoms in total. The molecule has 0 radical (unpaired) electrons. The minimum Gasteiger partial charge on any atom is -0.321 e. The van der Waals surface area contributed by atoms with Crippen molar-refractivity contribution >= 4 is 39.6 Å². The molecule has 0 fully saturated rings. The standard InChI is InChI=1S/C21H17BrN4O2/c1-14-4-6-15(7-5-14)12-24-26-21(28)18-11-17(22)8-9-19(18)25-20(27)16-3-2-10-23-13-16/h2-13H,1H3,(H,25,27)(H,26,28). The summed E-state index contributed by atoms with van der Waals surface area (Å²) in [6, 6.07) is 16.1. The molecule has 0 aliphatic rings. The van der Waals surface area contributed by atoms with Crippen LogP contribution in [0.25, 0.3) is 0 Å². The molecule has 140 valence electrons. The lowest BCUT2D eigenvalue weighted by Crippen LogP contribution is -2.21. The van der Waals surface area contributed by atoms with Gasteiger partial charge in [0.25, 0.3) is 11.8 Å². The van der Waals surface area contributed by atoms with Crippen LogP contribution in [0.15, 0.2) is 76.6 Å². The minimum atomic E-state index is -0.439. The molecule has 0 aliphatic carbocycles. The topological polar surface area (TPSA) is 83.5 Å². The van der Waals surface area contributed by atoms with Crippen molar-refractivity contribution in [1.82, 2.24) is 10.4 Å². The number of aromatic nitrogens is 1. The van der Waals surface area contributed by atoms with Crippen LogP contribution in [0.3, 0.4) is 0 Å². The Hall–Kier alpha value is -3.32. The number of pyridine rings is 1. The van der Waals surface area contributed by atoms with Crippen molar-refractivity contribution < 1.29 is 9.59 Å². The van der Waals surface area contributed by atoms with Crippen molar-refractivity contribution in [3.8, 4) is 0 Å². The number of nitrogens with zero attached hydrogens (tertiary/aromatic N) is 2. The van der Waals surface area contributed by atoms with Gasteiger partial charge in [-0.3, -0.25) is 14.6 Å². The van der Waals surface area contributed by atoms with Gasteiger partial charge in [0.15, 0.2) is 0 Å². The monoisotopic (exact) mass is 436 g/mol. The molecular weight excluding hydrogens is 420 g/mol. The maximum atomic E-state index is 12.6. The number of carbonyl (C=O) groups is 2. The third-order valence-electron chi connectivity index (χ3n) is 3.86. The van der Waals surface area contributed by atoms with Crippen LogP contribution in [0.5, 0.6) is 0 Å². The molecular formula is C21H17BrN4O2. The van der Waals surface area contributed by atoms with Gasteiger partial charge in [0.2, 0.25) is 0 Å². The third-order valence-corrected chi connectivity index (χ3v) is 4.35. The third kappa shape index (κ3) is 5.11. The molecule has 0 bridgehead atoms. The number of rotatable bonds is 5. The van der Waals surface area contributed by atoms with Gasteiger partial charge in [-0.25, -0.2) is 5.43 Å². The Morgan fingerprint density at radius 2 is 1.86 bits per heavy atom. The van der Waals surface area contributed by atoms with Crippen LogP contribution in [-0.4, -0.2) is 23.0 Å². The van der Waals surface area contributed by atoms with E-state index in [0.717, 1.165) is 11.1 Å². The molecule has 0 spiro atoms. The fourth-order valence-corrected chi connectivity index (χ4v) is 2.74. The fraction of sp³-hybridized carbons (Fsp3) is 0.0476. The molecule has 2 N–H and O–H groups in total. The second kappa shape index (κ2) is 9.05. The first-order valence-corrected chi connectivity index (χ1v) is 9.23. The molecule has 3 aromatic rings. The smallest absolute Gasteiger partial charge is 0.273 e. The van der Waals surface area contributed by atoms with E-state index in [0.29, 0.717) is 15.7 Å². The van der Waals surface area contributed by atoms with Crippen molar-refractivity contribution in [2.75, 3.05) is 5.32 Å². The molecule has 2 amide bonds. The van der Waals surface area contributed by atoms with Crippen molar-refractivity contribution in [2.24, 2.45) is 5.10 Å². The lowest BCUT2D eigenvalue weighted by molar-refractivity contribution is 0.0956. The summed E-state index contributed by atoms with van der Waals surface area (Å²) in [7, 11) is 0. The van der Waals surface area contributed by atoms with Gasteiger partial charge in [-0.15, -0.1) is 0 Å². The number of carbonyl (C=O) groups excluding carboxylic acids is 2. The van der Waals surface area contributed by atoms with Crippen LogP contribution in [0.2, 0.25) is 0 Å². The number of benzene rings is 2. The molecule has 1 aromatic heterocycles. The van der Waals surface area contributed by atoms with Crippen molar-refractivity contribution in [2.45, 2.75) is 6.92 Å². The van der Waals surface area contributed by atoms with E-state index in [4.69, 9.17) is 0 Å². The molecule has 28 heavy (non-hydrogen) atoms. The Labute approximate surface area is 170 Å². The second-order valence-electron chi connectivity index (χ2n) is 6.00. The highest BCUT2D eigenvalue weighted by Gasteiger charge is 2.15. The minimum absolute atomic E-state index is 0.285. The maximum absolute atomic E-state index is 12.6. The Bertz CT molecular complexity index is 1020. The molecule has 1 heterocycles. The largest absolute Gasteiger partial charge is 0.321 e. The van der Waals surface area contributed by atoms with Crippen LogP contribution in [0, 0.1) is 6.92 Å². The zero-order chi connectivity index (χ0) is 19.9. The van der Waals surface area contributed by atoms with Crippen LogP contribution >= 0.6 is 15.9 Å². The number of aryl methyl sites for hydroxylation is 1. The van der Waals surface area contributed by atoms with Gasteiger partial charge in [-0.1, -0.05) is 45.8 Å². The van der Waals surface area contributed by atoms with Gasteiger partial charge in [0.1, 0.15) is 0 Å². The summed E-state index contributed by atoms with van der Waals surface area (Å²) in [6.07, 6.45) is 4.60. The van der Waals surface area contributed by atoms with E-state index in [1.807, 2.05) is 31.2 Å². The highest BCUT2D eigenvalue weighted by molar-refractivity contribution is 9.10. The normalized spacial score (nSPS) is 10.6. The first-order valence-electron chi connectivity index (χ1n) is 8.44. The predicted molar refractivity (Wildman–Crippen MR) is 113 cm³/mol. The average Bonchev–Trinajstić information content (AvgIpc) is 2.71. The number of nitrogens with one attached hydrogen (secondary N) is 2. The summed E-state index contributed by atoms with van der Waals surface area (Å²) in [4.78, 5) is 28.9. The number of amides is 2. The van der Waals surface area contributed by atoms with Gasteiger partial charge in [-0.2, -0.15) is 5.10 Å². The predicted octanol–water partition coefficient (Wildman–Crippen LogP) is 4.17.